The van der Waals surface area contributed by atoms with Crippen molar-refractivity contribution in [3.8, 4) is 18.2 Å². The van der Waals surface area contributed by atoms with Gasteiger partial charge in [0.2, 0.25) is 11.7 Å². The van der Waals surface area contributed by atoms with Crippen molar-refractivity contribution in [3.05, 3.63) is 76.5 Å². The Morgan fingerprint density at radius 2 is 1.57 bits per heavy atom. The molecule has 0 radical (unpaired) electrons. The molecule has 1 aliphatic heterocycles. The van der Waals surface area contributed by atoms with Crippen LogP contribution in [0.2, 0.25) is 0 Å². The number of ketones is 1. The van der Waals surface area contributed by atoms with E-state index >= 15 is 0 Å². The highest BCUT2D eigenvalue weighted by molar-refractivity contribution is 6.22. The number of hydrogen-bond acceptors (Lipinski definition) is 6. The van der Waals surface area contributed by atoms with Gasteiger partial charge in [0, 0.05) is 5.56 Å². The number of allylic oxidation sites excluding steroid dienone is 2. The van der Waals surface area contributed by atoms with Gasteiger partial charge in [0.15, 0.2) is 5.76 Å². The van der Waals surface area contributed by atoms with Crippen molar-refractivity contribution >= 4 is 17.3 Å². The summed E-state index contributed by atoms with van der Waals surface area (Å²) >= 11 is 0. The average molecular weight is 366 g/mol. The first-order valence-electron chi connectivity index (χ1n) is 8.47. The van der Waals surface area contributed by atoms with E-state index in [2.05, 4.69) is 6.07 Å². The number of nitriles is 3. The highest BCUT2D eigenvalue weighted by atomic mass is 16.5. The van der Waals surface area contributed by atoms with Crippen LogP contribution < -0.4 is 0 Å². The largest absolute Gasteiger partial charge is 0.437 e. The molecular weight excluding hydrogens is 352 g/mol. The van der Waals surface area contributed by atoms with Crippen LogP contribution in [0.4, 0.5) is 0 Å². The molecule has 6 heteroatoms. The smallest absolute Gasteiger partial charge is 0.216 e. The van der Waals surface area contributed by atoms with Crippen molar-refractivity contribution in [2.45, 2.75) is 18.8 Å². The second-order valence-corrected chi connectivity index (χ2v) is 6.11. The van der Waals surface area contributed by atoms with Crippen LogP contribution in [0.3, 0.4) is 0 Å². The summed E-state index contributed by atoms with van der Waals surface area (Å²) in [5, 5.41) is 35.9. The molecule has 2 aromatic rings. The maximum Gasteiger partial charge on any atom is 0.216 e. The molecule has 0 bridgehead atoms. The topological polar surface area (TPSA) is 122 Å². The minimum Gasteiger partial charge on any atom is -0.437 e. The zero-order valence-corrected chi connectivity index (χ0v) is 14.8. The fraction of sp³-hybridized carbons (Fsp3) is 0.136. The molecule has 1 fully saturated rings. The molecule has 1 N–H and O–H groups in total. The Labute approximate surface area is 162 Å². The van der Waals surface area contributed by atoms with Crippen LogP contribution in [0, 0.1) is 39.4 Å². The standard InChI is InChI=1S/C22H14N4O2/c23-11-9-14-5-1-3-7-16(14)18(13-25)21-20(27)19(22(26)28-21)17-8-4-2-6-15(17)10-12-24/h1-8,19,26H,9-10H2/b21-18-,26-22?. The Morgan fingerprint density at radius 3 is 2.25 bits per heavy atom. The Bertz CT molecular complexity index is 1130. The third kappa shape index (κ3) is 3.26. The Kier molecular flexibility index (Phi) is 5.30. The lowest BCUT2D eigenvalue weighted by Crippen LogP contribution is -2.14. The van der Waals surface area contributed by atoms with E-state index in [1.54, 1.807) is 48.5 Å². The van der Waals surface area contributed by atoms with Gasteiger partial charge in [-0.15, -0.1) is 0 Å². The molecule has 0 spiro atoms. The predicted octanol–water partition coefficient (Wildman–Crippen LogP) is 3.41. The fourth-order valence-corrected chi connectivity index (χ4v) is 3.22. The van der Waals surface area contributed by atoms with Crippen LogP contribution in [-0.2, 0) is 22.4 Å². The van der Waals surface area contributed by atoms with Gasteiger partial charge in [-0.25, -0.2) is 0 Å². The molecular formula is C22H14N4O2. The normalized spacial score (nSPS) is 17.2. The second kappa shape index (κ2) is 7.99. The van der Waals surface area contributed by atoms with E-state index in [1.165, 1.54) is 0 Å². The number of hydrogen-bond donors (Lipinski definition) is 1. The maximum atomic E-state index is 13.1. The summed E-state index contributed by atoms with van der Waals surface area (Å²) in [4.78, 5) is 13.1. The molecule has 0 aromatic heterocycles. The monoisotopic (exact) mass is 366 g/mol. The number of benzene rings is 2. The first kappa shape index (κ1) is 18.6. The molecule has 0 aliphatic carbocycles. The Hall–Kier alpha value is -4.21. The first-order valence-corrected chi connectivity index (χ1v) is 8.47. The Morgan fingerprint density at radius 1 is 0.964 bits per heavy atom. The number of Topliss-reactive ketones (excluding diaryl/α,β-unsaturated/α-hetero) is 1. The third-order valence-electron chi connectivity index (χ3n) is 4.49. The molecule has 1 heterocycles. The van der Waals surface area contributed by atoms with E-state index in [9.17, 15) is 10.1 Å². The number of nitrogens with zero attached hydrogens (tertiary/aromatic N) is 3. The summed E-state index contributed by atoms with van der Waals surface area (Å²) in [5.74, 6) is -1.98. The molecule has 0 saturated carbocycles. The van der Waals surface area contributed by atoms with Gasteiger partial charge in [-0.05, 0) is 16.7 Å². The molecule has 6 nitrogen and oxygen atoms in total. The van der Waals surface area contributed by atoms with E-state index in [-0.39, 0.29) is 30.1 Å². The molecule has 1 atom stereocenters. The van der Waals surface area contributed by atoms with Crippen LogP contribution in [-0.4, -0.2) is 11.7 Å². The van der Waals surface area contributed by atoms with Gasteiger partial charge in [-0.3, -0.25) is 10.2 Å². The summed E-state index contributed by atoms with van der Waals surface area (Å²) in [7, 11) is 0. The maximum absolute atomic E-state index is 13.1. The average Bonchev–Trinajstić information content (AvgIpc) is 2.99. The van der Waals surface area contributed by atoms with Crippen molar-refractivity contribution in [2.75, 3.05) is 0 Å². The molecule has 2 aromatic carbocycles. The molecule has 1 aliphatic rings. The van der Waals surface area contributed by atoms with Crippen molar-refractivity contribution < 1.29 is 9.53 Å². The summed E-state index contributed by atoms with van der Waals surface area (Å²) < 4.78 is 5.44. The van der Waals surface area contributed by atoms with Gasteiger partial charge in [-0.1, -0.05) is 48.5 Å². The van der Waals surface area contributed by atoms with Crippen LogP contribution in [0.5, 0.6) is 0 Å². The van der Waals surface area contributed by atoms with Gasteiger partial charge >= 0.3 is 0 Å². The van der Waals surface area contributed by atoms with Gasteiger partial charge in [0.1, 0.15) is 17.6 Å². The van der Waals surface area contributed by atoms with Crippen molar-refractivity contribution in [1.29, 1.82) is 21.2 Å². The van der Waals surface area contributed by atoms with Gasteiger partial charge in [0.05, 0.1) is 25.0 Å². The minimum atomic E-state index is -0.994. The second-order valence-electron chi connectivity index (χ2n) is 6.11. The lowest BCUT2D eigenvalue weighted by atomic mass is 9.88. The summed E-state index contributed by atoms with van der Waals surface area (Å²) in [6, 6.07) is 19.8. The summed E-state index contributed by atoms with van der Waals surface area (Å²) in [6.07, 6.45) is 0.178. The summed E-state index contributed by atoms with van der Waals surface area (Å²) in [5.41, 5.74) is 2.21. The molecule has 3 rings (SSSR count). The van der Waals surface area contributed by atoms with Gasteiger partial charge in [-0.2, -0.15) is 15.8 Å². The minimum absolute atomic E-state index is 0.000800. The SMILES string of the molecule is N#CCc1ccccc1/C(C#N)=C1\OC(=N)C(c2ccccc2CC#N)C1=O. The van der Waals surface area contributed by atoms with E-state index < -0.39 is 11.7 Å². The number of carbonyl (C=O) groups excluding carboxylic acids is 1. The quantitative estimate of drug-likeness (QED) is 0.656. The van der Waals surface area contributed by atoms with Crippen molar-refractivity contribution in [2.24, 2.45) is 0 Å². The predicted molar refractivity (Wildman–Crippen MR) is 101 cm³/mol. The van der Waals surface area contributed by atoms with Crippen molar-refractivity contribution in [3.63, 3.8) is 0 Å². The van der Waals surface area contributed by atoms with Crippen LogP contribution in [0.15, 0.2) is 54.3 Å². The van der Waals surface area contributed by atoms with Crippen LogP contribution in [0.1, 0.15) is 28.2 Å². The molecule has 1 unspecified atom stereocenters. The third-order valence-corrected chi connectivity index (χ3v) is 4.49. The fourth-order valence-electron chi connectivity index (χ4n) is 3.22. The molecule has 0 amide bonds. The lowest BCUT2D eigenvalue weighted by molar-refractivity contribution is -0.115. The number of ether oxygens (including phenoxy) is 1. The zero-order chi connectivity index (χ0) is 20.1. The van der Waals surface area contributed by atoms with E-state index in [1.807, 2.05) is 12.1 Å². The number of rotatable bonds is 4. The van der Waals surface area contributed by atoms with Crippen LogP contribution >= 0.6 is 0 Å². The first-order chi connectivity index (χ1) is 13.6. The number of nitrogens with one attached hydrogen (secondary N) is 1. The van der Waals surface area contributed by atoms with E-state index in [4.69, 9.17) is 20.7 Å². The molecule has 28 heavy (non-hydrogen) atoms. The Balaban J connectivity index is 2.12. The molecule has 134 valence electrons. The number of carbonyl (C=O) groups is 1. The van der Waals surface area contributed by atoms with Crippen molar-refractivity contribution in [1.82, 2.24) is 0 Å². The van der Waals surface area contributed by atoms with Crippen LogP contribution in [0.25, 0.3) is 5.57 Å². The lowest BCUT2D eigenvalue weighted by Gasteiger charge is -2.10. The van der Waals surface area contributed by atoms with Gasteiger partial charge in [0.25, 0.3) is 0 Å². The highest BCUT2D eigenvalue weighted by Crippen LogP contribution is 2.36. The highest BCUT2D eigenvalue weighted by Gasteiger charge is 2.41. The van der Waals surface area contributed by atoms with E-state index in [0.29, 0.717) is 22.3 Å². The molecule has 1 saturated heterocycles. The van der Waals surface area contributed by atoms with E-state index in [0.717, 1.165) is 0 Å². The summed E-state index contributed by atoms with van der Waals surface area (Å²) in [6.45, 7) is 0. The zero-order valence-electron chi connectivity index (χ0n) is 14.8. The van der Waals surface area contributed by atoms with Gasteiger partial charge < -0.3 is 4.74 Å².